The van der Waals surface area contributed by atoms with Gasteiger partial charge < -0.3 is 10.2 Å². The third-order valence-corrected chi connectivity index (χ3v) is 2.06. The molecule has 0 saturated heterocycles. The monoisotopic (exact) mass is 204 g/mol. The van der Waals surface area contributed by atoms with Crippen molar-refractivity contribution in [2.75, 3.05) is 0 Å². The lowest BCUT2D eigenvalue weighted by Crippen LogP contribution is -1.95. The summed E-state index contributed by atoms with van der Waals surface area (Å²) in [5, 5.41) is 7.68. The quantitative estimate of drug-likeness (QED) is 0.793. The van der Waals surface area contributed by atoms with Gasteiger partial charge in [0.2, 0.25) is 11.8 Å². The van der Waals surface area contributed by atoms with Gasteiger partial charge in [-0.2, -0.15) is 0 Å². The Morgan fingerprint density at radius 3 is 2.47 bits per heavy atom. The minimum Gasteiger partial charge on any atom is -0.424 e. The molecule has 0 spiro atoms. The molecular weight excluding hydrogens is 192 g/mol. The first kappa shape index (κ1) is 9.79. The first-order valence-electron chi connectivity index (χ1n) is 4.78. The molecule has 0 aliphatic heterocycles. The Morgan fingerprint density at radius 1 is 1.07 bits per heavy atom. The summed E-state index contributed by atoms with van der Waals surface area (Å²) in [6, 6.07) is 3.94. The standard InChI is InChI=1S/C10H12N4O/c11-7-10-14-13-9(15-10)2-1-8-3-5-12-6-4-8/h3-6H,1-2,7,11H2. The summed E-state index contributed by atoms with van der Waals surface area (Å²) in [5.74, 6) is 1.12. The van der Waals surface area contributed by atoms with Gasteiger partial charge in [-0.1, -0.05) is 0 Å². The predicted molar refractivity (Wildman–Crippen MR) is 53.8 cm³/mol. The van der Waals surface area contributed by atoms with E-state index in [9.17, 15) is 0 Å². The number of nitrogens with two attached hydrogens (primary N) is 1. The Kier molecular flexibility index (Phi) is 3.04. The Morgan fingerprint density at radius 2 is 1.80 bits per heavy atom. The number of nitrogens with zero attached hydrogens (tertiary/aromatic N) is 3. The fourth-order valence-electron chi connectivity index (χ4n) is 1.27. The fourth-order valence-corrected chi connectivity index (χ4v) is 1.27. The van der Waals surface area contributed by atoms with Gasteiger partial charge in [0.1, 0.15) is 0 Å². The van der Waals surface area contributed by atoms with Gasteiger partial charge in [0.15, 0.2) is 0 Å². The third-order valence-electron chi connectivity index (χ3n) is 2.06. The maximum Gasteiger partial charge on any atom is 0.230 e. The van der Waals surface area contributed by atoms with Gasteiger partial charge in [-0.3, -0.25) is 4.98 Å². The molecule has 2 aromatic heterocycles. The van der Waals surface area contributed by atoms with E-state index in [1.165, 1.54) is 5.56 Å². The van der Waals surface area contributed by atoms with Crippen LogP contribution in [0.25, 0.3) is 0 Å². The normalized spacial score (nSPS) is 10.5. The maximum absolute atomic E-state index is 5.37. The molecular formula is C10H12N4O. The summed E-state index contributed by atoms with van der Waals surface area (Å²) in [6.45, 7) is 0.294. The summed E-state index contributed by atoms with van der Waals surface area (Å²) >= 11 is 0. The smallest absolute Gasteiger partial charge is 0.230 e. The van der Waals surface area contributed by atoms with Crippen molar-refractivity contribution in [1.82, 2.24) is 15.2 Å². The van der Waals surface area contributed by atoms with Crippen LogP contribution in [0.5, 0.6) is 0 Å². The highest BCUT2D eigenvalue weighted by atomic mass is 16.4. The molecule has 15 heavy (non-hydrogen) atoms. The molecule has 0 atom stereocenters. The van der Waals surface area contributed by atoms with Gasteiger partial charge in [0.05, 0.1) is 6.54 Å². The zero-order valence-corrected chi connectivity index (χ0v) is 8.26. The molecule has 2 rings (SSSR count). The zero-order valence-electron chi connectivity index (χ0n) is 8.26. The highest BCUT2D eigenvalue weighted by molar-refractivity contribution is 5.10. The molecule has 0 fully saturated rings. The minimum absolute atomic E-state index is 0.294. The van der Waals surface area contributed by atoms with Crippen molar-refractivity contribution in [3.05, 3.63) is 41.9 Å². The third kappa shape index (κ3) is 2.60. The van der Waals surface area contributed by atoms with Gasteiger partial charge in [0, 0.05) is 18.8 Å². The number of hydrogen-bond donors (Lipinski definition) is 1. The summed E-state index contributed by atoms with van der Waals surface area (Å²) in [7, 11) is 0. The van der Waals surface area contributed by atoms with E-state index in [2.05, 4.69) is 15.2 Å². The number of hydrogen-bond acceptors (Lipinski definition) is 5. The molecule has 0 aromatic carbocycles. The number of aryl methyl sites for hydroxylation is 2. The van der Waals surface area contributed by atoms with E-state index in [0.29, 0.717) is 18.3 Å². The van der Waals surface area contributed by atoms with Crippen LogP contribution >= 0.6 is 0 Å². The predicted octanol–water partition coefficient (Wildman–Crippen LogP) is 0.708. The largest absolute Gasteiger partial charge is 0.424 e. The number of rotatable bonds is 4. The topological polar surface area (TPSA) is 77.8 Å². The van der Waals surface area contributed by atoms with E-state index in [0.717, 1.165) is 12.8 Å². The molecule has 5 nitrogen and oxygen atoms in total. The molecule has 0 saturated carbocycles. The van der Waals surface area contributed by atoms with Crippen molar-refractivity contribution in [2.45, 2.75) is 19.4 Å². The molecule has 2 aromatic rings. The Labute approximate surface area is 87.3 Å². The van der Waals surface area contributed by atoms with Crippen LogP contribution in [0.1, 0.15) is 17.3 Å². The molecule has 0 radical (unpaired) electrons. The van der Waals surface area contributed by atoms with Crippen LogP contribution in [-0.2, 0) is 19.4 Å². The van der Waals surface area contributed by atoms with E-state index in [4.69, 9.17) is 10.2 Å². The molecule has 5 heteroatoms. The zero-order chi connectivity index (χ0) is 10.5. The Bertz CT molecular complexity index is 412. The van der Waals surface area contributed by atoms with Crippen molar-refractivity contribution in [3.8, 4) is 0 Å². The van der Waals surface area contributed by atoms with E-state index >= 15 is 0 Å². The van der Waals surface area contributed by atoms with Crippen LogP contribution in [0, 0.1) is 0 Å². The average molecular weight is 204 g/mol. The van der Waals surface area contributed by atoms with Crippen molar-refractivity contribution in [2.24, 2.45) is 5.73 Å². The lowest BCUT2D eigenvalue weighted by atomic mass is 10.1. The van der Waals surface area contributed by atoms with E-state index in [-0.39, 0.29) is 0 Å². The highest BCUT2D eigenvalue weighted by Crippen LogP contribution is 2.05. The summed E-state index contributed by atoms with van der Waals surface area (Å²) in [4.78, 5) is 3.95. The first-order chi connectivity index (χ1) is 7.38. The molecule has 0 aliphatic carbocycles. The molecule has 2 heterocycles. The molecule has 0 unspecified atom stereocenters. The van der Waals surface area contributed by atoms with Gasteiger partial charge in [-0.25, -0.2) is 0 Å². The van der Waals surface area contributed by atoms with Crippen LogP contribution in [0.3, 0.4) is 0 Å². The van der Waals surface area contributed by atoms with E-state index in [1.807, 2.05) is 12.1 Å². The Balaban J connectivity index is 1.93. The average Bonchev–Trinajstić information content (AvgIpc) is 2.76. The van der Waals surface area contributed by atoms with Crippen LogP contribution in [0.2, 0.25) is 0 Å². The van der Waals surface area contributed by atoms with E-state index < -0.39 is 0 Å². The minimum atomic E-state index is 0.294. The van der Waals surface area contributed by atoms with Gasteiger partial charge >= 0.3 is 0 Å². The molecule has 2 N–H and O–H groups in total. The molecule has 0 aliphatic rings. The molecule has 0 amide bonds. The second kappa shape index (κ2) is 4.65. The summed E-state index contributed by atoms with van der Waals surface area (Å²) < 4.78 is 5.29. The second-order valence-corrected chi connectivity index (χ2v) is 3.15. The van der Waals surface area contributed by atoms with Crippen molar-refractivity contribution in [1.29, 1.82) is 0 Å². The first-order valence-corrected chi connectivity index (χ1v) is 4.78. The van der Waals surface area contributed by atoms with Gasteiger partial charge in [0.25, 0.3) is 0 Å². The van der Waals surface area contributed by atoms with Gasteiger partial charge in [-0.05, 0) is 24.1 Å². The van der Waals surface area contributed by atoms with Crippen LogP contribution in [-0.4, -0.2) is 15.2 Å². The van der Waals surface area contributed by atoms with Crippen molar-refractivity contribution < 1.29 is 4.42 Å². The lowest BCUT2D eigenvalue weighted by Gasteiger charge is -1.96. The number of aromatic nitrogens is 3. The fraction of sp³-hybridized carbons (Fsp3) is 0.300. The van der Waals surface area contributed by atoms with Crippen LogP contribution in [0.4, 0.5) is 0 Å². The van der Waals surface area contributed by atoms with E-state index in [1.54, 1.807) is 12.4 Å². The van der Waals surface area contributed by atoms with Crippen molar-refractivity contribution in [3.63, 3.8) is 0 Å². The van der Waals surface area contributed by atoms with Crippen molar-refractivity contribution >= 4 is 0 Å². The summed E-state index contributed by atoms with van der Waals surface area (Å²) in [5.41, 5.74) is 6.57. The molecule has 0 bridgehead atoms. The van der Waals surface area contributed by atoms with Crippen LogP contribution < -0.4 is 5.73 Å². The Hall–Kier alpha value is -1.75. The van der Waals surface area contributed by atoms with Gasteiger partial charge in [-0.15, -0.1) is 10.2 Å². The summed E-state index contributed by atoms with van der Waals surface area (Å²) in [6.07, 6.45) is 5.15. The second-order valence-electron chi connectivity index (χ2n) is 3.15. The highest BCUT2D eigenvalue weighted by Gasteiger charge is 2.04. The lowest BCUT2D eigenvalue weighted by molar-refractivity contribution is 0.450. The SMILES string of the molecule is NCc1nnc(CCc2ccncc2)o1. The van der Waals surface area contributed by atoms with Crippen LogP contribution in [0.15, 0.2) is 28.9 Å². The molecule has 78 valence electrons. The number of pyridine rings is 1. The maximum atomic E-state index is 5.37.